The predicted octanol–water partition coefficient (Wildman–Crippen LogP) is 1.68. The van der Waals surface area contributed by atoms with Gasteiger partial charge in [-0.1, -0.05) is 12.2 Å². The molecule has 0 aromatic heterocycles. The Hall–Kier alpha value is -1.13. The molecule has 1 N–H and O–H groups in total. The van der Waals surface area contributed by atoms with Crippen molar-refractivity contribution in [3.8, 4) is 0 Å². The van der Waals surface area contributed by atoms with Crippen molar-refractivity contribution in [1.29, 1.82) is 0 Å². The van der Waals surface area contributed by atoms with Gasteiger partial charge in [0.15, 0.2) is 0 Å². The van der Waals surface area contributed by atoms with Gasteiger partial charge in [-0.25, -0.2) is 0 Å². The highest BCUT2D eigenvalue weighted by Gasteiger charge is 2.40. The first-order valence-electron chi connectivity index (χ1n) is 6.95. The minimum Gasteiger partial charge on any atom is -0.494 e. The van der Waals surface area contributed by atoms with Gasteiger partial charge in [-0.3, -0.25) is 0 Å². The number of aldehydes is 1. The molecule has 1 fully saturated rings. The van der Waals surface area contributed by atoms with Gasteiger partial charge in [-0.15, -0.1) is 0 Å². The van der Waals surface area contributed by atoms with Crippen LogP contribution in [0.5, 0.6) is 0 Å². The average molecular weight is 265 g/mol. The Morgan fingerprint density at radius 2 is 2.26 bits per heavy atom. The zero-order valence-corrected chi connectivity index (χ0v) is 11.7. The van der Waals surface area contributed by atoms with Gasteiger partial charge in [-0.05, 0) is 20.0 Å². The summed E-state index contributed by atoms with van der Waals surface area (Å²) in [7, 11) is 1.90. The van der Waals surface area contributed by atoms with E-state index in [4.69, 9.17) is 9.47 Å². The van der Waals surface area contributed by atoms with Crippen LogP contribution in [0.3, 0.4) is 0 Å². The molecule has 0 saturated carbocycles. The van der Waals surface area contributed by atoms with Crippen LogP contribution >= 0.6 is 0 Å². The molecule has 2 atom stereocenters. The number of hydrogen-bond acceptors (Lipinski definition) is 4. The SMILES string of the molecule is CNC[C@@H]1C=CC=C(OC2CCOCC2)C1(C)C=O. The Labute approximate surface area is 114 Å². The van der Waals surface area contributed by atoms with E-state index in [1.807, 2.05) is 26.1 Å². The highest BCUT2D eigenvalue weighted by atomic mass is 16.5. The molecule has 2 aliphatic rings. The normalized spacial score (nSPS) is 31.9. The molecule has 4 heteroatoms. The third-order valence-corrected chi connectivity index (χ3v) is 4.02. The van der Waals surface area contributed by atoms with Crippen molar-refractivity contribution < 1.29 is 14.3 Å². The van der Waals surface area contributed by atoms with Crippen molar-refractivity contribution in [1.82, 2.24) is 5.32 Å². The number of ether oxygens (including phenoxy) is 2. The van der Waals surface area contributed by atoms with Crippen LogP contribution in [0.1, 0.15) is 19.8 Å². The molecule has 4 nitrogen and oxygen atoms in total. The van der Waals surface area contributed by atoms with Gasteiger partial charge in [0.2, 0.25) is 0 Å². The van der Waals surface area contributed by atoms with E-state index in [9.17, 15) is 4.79 Å². The fourth-order valence-corrected chi connectivity index (χ4v) is 2.62. The topological polar surface area (TPSA) is 47.6 Å². The van der Waals surface area contributed by atoms with E-state index < -0.39 is 5.41 Å². The van der Waals surface area contributed by atoms with Gasteiger partial charge >= 0.3 is 0 Å². The zero-order chi connectivity index (χ0) is 13.7. The van der Waals surface area contributed by atoms with E-state index in [0.29, 0.717) is 0 Å². The van der Waals surface area contributed by atoms with Crippen LogP contribution in [0.15, 0.2) is 24.0 Å². The van der Waals surface area contributed by atoms with Gasteiger partial charge in [0.05, 0.1) is 18.6 Å². The summed E-state index contributed by atoms with van der Waals surface area (Å²) in [6.45, 7) is 4.20. The maximum absolute atomic E-state index is 11.6. The Morgan fingerprint density at radius 3 is 2.89 bits per heavy atom. The fraction of sp³-hybridized carbons (Fsp3) is 0.667. The number of nitrogens with one attached hydrogen (secondary N) is 1. The summed E-state index contributed by atoms with van der Waals surface area (Å²) >= 11 is 0. The molecule has 1 aliphatic heterocycles. The van der Waals surface area contributed by atoms with Crippen LogP contribution in [0, 0.1) is 11.3 Å². The smallest absolute Gasteiger partial charge is 0.134 e. The standard InChI is InChI=1S/C15H23NO3/c1-15(11-17)12(10-16-2)4-3-5-14(15)19-13-6-8-18-9-7-13/h3-5,11-13,16H,6-10H2,1-2H3/t12-,15?/m0/s1. The molecular weight excluding hydrogens is 242 g/mol. The van der Waals surface area contributed by atoms with Gasteiger partial charge in [0.1, 0.15) is 18.1 Å². The quantitative estimate of drug-likeness (QED) is 0.768. The first-order valence-corrected chi connectivity index (χ1v) is 6.95. The highest BCUT2D eigenvalue weighted by Crippen LogP contribution is 2.39. The molecule has 0 aromatic carbocycles. The molecule has 1 heterocycles. The number of allylic oxidation sites excluding steroid dienone is 3. The van der Waals surface area contributed by atoms with Gasteiger partial charge < -0.3 is 19.6 Å². The summed E-state index contributed by atoms with van der Waals surface area (Å²) in [5.74, 6) is 0.923. The van der Waals surface area contributed by atoms with E-state index in [1.54, 1.807) is 0 Å². The van der Waals surface area contributed by atoms with E-state index in [2.05, 4.69) is 11.4 Å². The molecule has 1 unspecified atom stereocenters. The first-order chi connectivity index (χ1) is 9.20. The molecule has 106 valence electrons. The second-order valence-corrected chi connectivity index (χ2v) is 5.41. The minimum atomic E-state index is -0.573. The van der Waals surface area contributed by atoms with E-state index in [-0.39, 0.29) is 12.0 Å². The van der Waals surface area contributed by atoms with Crippen molar-refractivity contribution in [3.63, 3.8) is 0 Å². The van der Waals surface area contributed by atoms with E-state index in [0.717, 1.165) is 44.6 Å². The number of hydrogen-bond donors (Lipinski definition) is 1. The van der Waals surface area contributed by atoms with Gasteiger partial charge in [-0.2, -0.15) is 0 Å². The van der Waals surface area contributed by atoms with Crippen LogP contribution in [-0.4, -0.2) is 39.2 Å². The molecule has 0 spiro atoms. The monoisotopic (exact) mass is 265 g/mol. The van der Waals surface area contributed by atoms with Crippen molar-refractivity contribution in [2.24, 2.45) is 11.3 Å². The predicted molar refractivity (Wildman–Crippen MR) is 73.7 cm³/mol. The lowest BCUT2D eigenvalue weighted by Crippen LogP contribution is -2.39. The summed E-state index contributed by atoms with van der Waals surface area (Å²) < 4.78 is 11.4. The van der Waals surface area contributed by atoms with Crippen LogP contribution in [0.4, 0.5) is 0 Å². The van der Waals surface area contributed by atoms with Crippen molar-refractivity contribution in [2.75, 3.05) is 26.8 Å². The first kappa shape index (κ1) is 14.3. The average Bonchev–Trinajstić information content (AvgIpc) is 2.45. The summed E-state index contributed by atoms with van der Waals surface area (Å²) in [5.41, 5.74) is -0.573. The Balaban J connectivity index is 2.10. The number of carbonyl (C=O) groups is 1. The molecule has 0 aromatic rings. The summed E-state index contributed by atoms with van der Waals surface area (Å²) in [6, 6.07) is 0. The largest absolute Gasteiger partial charge is 0.494 e. The zero-order valence-electron chi connectivity index (χ0n) is 11.7. The third-order valence-electron chi connectivity index (χ3n) is 4.02. The lowest BCUT2D eigenvalue weighted by molar-refractivity contribution is -0.118. The minimum absolute atomic E-state index is 0.134. The van der Waals surface area contributed by atoms with Gasteiger partial charge in [0.25, 0.3) is 0 Å². The summed E-state index contributed by atoms with van der Waals surface area (Å²) in [6.07, 6.45) is 8.96. The van der Waals surface area contributed by atoms with Gasteiger partial charge in [0, 0.05) is 25.3 Å². The van der Waals surface area contributed by atoms with Crippen LogP contribution in [-0.2, 0) is 14.3 Å². The molecular formula is C15H23NO3. The Morgan fingerprint density at radius 1 is 1.53 bits per heavy atom. The van der Waals surface area contributed by atoms with Crippen LogP contribution in [0.25, 0.3) is 0 Å². The number of carbonyl (C=O) groups excluding carboxylic acids is 1. The molecule has 0 radical (unpaired) electrons. The molecule has 0 amide bonds. The maximum Gasteiger partial charge on any atom is 0.134 e. The Kier molecular flexibility index (Phi) is 4.77. The third kappa shape index (κ3) is 3.07. The van der Waals surface area contributed by atoms with E-state index >= 15 is 0 Å². The molecule has 1 aliphatic carbocycles. The highest BCUT2D eigenvalue weighted by molar-refractivity contribution is 5.66. The Bertz CT molecular complexity index is 372. The lowest BCUT2D eigenvalue weighted by Gasteiger charge is -2.37. The molecule has 2 rings (SSSR count). The maximum atomic E-state index is 11.6. The van der Waals surface area contributed by atoms with Crippen molar-refractivity contribution in [2.45, 2.75) is 25.9 Å². The van der Waals surface area contributed by atoms with Crippen molar-refractivity contribution >= 4 is 6.29 Å². The van der Waals surface area contributed by atoms with E-state index in [1.165, 1.54) is 0 Å². The summed E-state index contributed by atoms with van der Waals surface area (Å²) in [4.78, 5) is 11.6. The lowest BCUT2D eigenvalue weighted by atomic mass is 9.73. The van der Waals surface area contributed by atoms with Crippen LogP contribution in [0.2, 0.25) is 0 Å². The molecule has 19 heavy (non-hydrogen) atoms. The fourth-order valence-electron chi connectivity index (χ4n) is 2.62. The summed E-state index contributed by atoms with van der Waals surface area (Å²) in [5, 5.41) is 3.14. The molecule has 1 saturated heterocycles. The second-order valence-electron chi connectivity index (χ2n) is 5.41. The second kappa shape index (κ2) is 6.35. The van der Waals surface area contributed by atoms with Crippen molar-refractivity contribution in [3.05, 3.63) is 24.0 Å². The number of rotatable bonds is 5. The molecule has 0 bridgehead atoms. The van der Waals surface area contributed by atoms with Crippen LogP contribution < -0.4 is 5.32 Å².